The van der Waals surface area contributed by atoms with Gasteiger partial charge < -0.3 is 4.74 Å². The van der Waals surface area contributed by atoms with Gasteiger partial charge in [0.05, 0.1) is 4.34 Å². The van der Waals surface area contributed by atoms with Gasteiger partial charge >= 0.3 is 5.97 Å². The summed E-state index contributed by atoms with van der Waals surface area (Å²) >= 11 is 6.91. The summed E-state index contributed by atoms with van der Waals surface area (Å²) in [6.07, 6.45) is 1.26. The Morgan fingerprint density at radius 2 is 2.42 bits per heavy atom. The number of rotatable bonds is 3. The summed E-state index contributed by atoms with van der Waals surface area (Å²) in [6.45, 7) is 1.93. The maximum Gasteiger partial charge on any atom is 0.311 e. The van der Waals surface area contributed by atoms with Gasteiger partial charge in [0, 0.05) is 6.42 Å². The van der Waals surface area contributed by atoms with E-state index in [1.807, 2.05) is 6.92 Å². The molecule has 1 aromatic rings. The maximum absolute atomic E-state index is 11.0. The molecule has 0 spiro atoms. The molecule has 0 N–H and O–H groups in total. The second kappa shape index (κ2) is 4.48. The number of carbonyl (C=O) groups excluding carboxylic acids is 1. The Balaban J connectivity index is 2.46. The van der Waals surface area contributed by atoms with Gasteiger partial charge in [-0.05, 0) is 18.6 Å². The molecule has 0 amide bonds. The van der Waals surface area contributed by atoms with Gasteiger partial charge in [0.1, 0.15) is 0 Å². The molecule has 1 heterocycles. The van der Waals surface area contributed by atoms with Gasteiger partial charge in [-0.15, -0.1) is 0 Å². The van der Waals surface area contributed by atoms with Gasteiger partial charge in [0.15, 0.2) is 5.06 Å². The maximum atomic E-state index is 11.0. The van der Waals surface area contributed by atoms with E-state index in [0.717, 1.165) is 6.42 Å². The van der Waals surface area contributed by atoms with Crippen LogP contribution in [-0.2, 0) is 4.79 Å². The molecule has 12 heavy (non-hydrogen) atoms. The van der Waals surface area contributed by atoms with Crippen LogP contribution >= 0.6 is 22.9 Å². The highest BCUT2D eigenvalue weighted by molar-refractivity contribution is 7.17. The topological polar surface area (TPSA) is 26.3 Å². The van der Waals surface area contributed by atoms with Crippen molar-refractivity contribution in [3.05, 3.63) is 16.5 Å². The van der Waals surface area contributed by atoms with Gasteiger partial charge in [0.2, 0.25) is 0 Å². The van der Waals surface area contributed by atoms with E-state index < -0.39 is 0 Å². The van der Waals surface area contributed by atoms with Crippen LogP contribution in [0.3, 0.4) is 0 Å². The standard InChI is InChI=1S/C8H9ClO2S/c1-2-3-7(10)11-8-5-4-6(9)12-8/h4-5H,2-3H2,1H3. The van der Waals surface area contributed by atoms with Crippen LogP contribution in [0.2, 0.25) is 4.34 Å². The summed E-state index contributed by atoms with van der Waals surface area (Å²) in [5, 5.41) is 0.568. The van der Waals surface area contributed by atoms with Crippen molar-refractivity contribution >= 4 is 28.9 Å². The number of halogens is 1. The monoisotopic (exact) mass is 204 g/mol. The fourth-order valence-electron chi connectivity index (χ4n) is 0.720. The van der Waals surface area contributed by atoms with Crippen LogP contribution in [0, 0.1) is 0 Å². The fraction of sp³-hybridized carbons (Fsp3) is 0.375. The van der Waals surface area contributed by atoms with Crippen LogP contribution in [0.5, 0.6) is 5.06 Å². The summed E-state index contributed by atoms with van der Waals surface area (Å²) in [7, 11) is 0. The van der Waals surface area contributed by atoms with Crippen LogP contribution in [0.15, 0.2) is 12.1 Å². The molecule has 66 valence electrons. The van der Waals surface area contributed by atoms with Crippen LogP contribution in [0.25, 0.3) is 0 Å². The molecule has 0 aromatic carbocycles. The molecule has 2 nitrogen and oxygen atoms in total. The highest BCUT2D eigenvalue weighted by atomic mass is 35.5. The largest absolute Gasteiger partial charge is 0.415 e. The van der Waals surface area contributed by atoms with E-state index >= 15 is 0 Å². The Morgan fingerprint density at radius 3 is 2.92 bits per heavy atom. The minimum Gasteiger partial charge on any atom is -0.415 e. The predicted molar refractivity (Wildman–Crippen MR) is 49.9 cm³/mol. The van der Waals surface area contributed by atoms with E-state index in [4.69, 9.17) is 16.3 Å². The Bertz CT molecular complexity index is 270. The zero-order chi connectivity index (χ0) is 8.97. The third kappa shape index (κ3) is 2.83. The number of carbonyl (C=O) groups is 1. The van der Waals surface area contributed by atoms with Crippen molar-refractivity contribution < 1.29 is 9.53 Å². The lowest BCUT2D eigenvalue weighted by atomic mass is 10.3. The average Bonchev–Trinajstić information content (AvgIpc) is 2.36. The van der Waals surface area contributed by atoms with Crippen molar-refractivity contribution in [1.29, 1.82) is 0 Å². The molecule has 0 atom stereocenters. The first-order chi connectivity index (χ1) is 5.72. The highest BCUT2D eigenvalue weighted by Gasteiger charge is 2.04. The second-order valence-electron chi connectivity index (χ2n) is 2.28. The molecule has 1 rings (SSSR count). The molecule has 1 aromatic heterocycles. The molecule has 0 saturated heterocycles. The van der Waals surface area contributed by atoms with Crippen molar-refractivity contribution in [3.63, 3.8) is 0 Å². The Labute approximate surface area is 80.1 Å². The summed E-state index contributed by atoms with van der Waals surface area (Å²) < 4.78 is 5.60. The number of thiophene rings is 1. The van der Waals surface area contributed by atoms with Crippen molar-refractivity contribution in [2.24, 2.45) is 0 Å². The molecule has 0 aliphatic rings. The van der Waals surface area contributed by atoms with Crippen LogP contribution in [0.4, 0.5) is 0 Å². The summed E-state index contributed by atoms with van der Waals surface area (Å²) in [4.78, 5) is 11.0. The molecule has 0 saturated carbocycles. The van der Waals surface area contributed by atoms with E-state index in [-0.39, 0.29) is 5.97 Å². The number of hydrogen-bond acceptors (Lipinski definition) is 3. The normalized spacial score (nSPS) is 9.83. The number of esters is 1. The number of hydrogen-bond donors (Lipinski definition) is 0. The van der Waals surface area contributed by atoms with Gasteiger partial charge in [-0.25, -0.2) is 0 Å². The summed E-state index contributed by atoms with van der Waals surface area (Å²) in [5.74, 6) is -0.198. The molecule has 0 radical (unpaired) electrons. The average molecular weight is 205 g/mol. The third-order valence-corrected chi connectivity index (χ3v) is 2.33. The first-order valence-corrected chi connectivity index (χ1v) is 4.88. The second-order valence-corrected chi connectivity index (χ2v) is 3.96. The zero-order valence-corrected chi connectivity index (χ0v) is 8.24. The van der Waals surface area contributed by atoms with Gasteiger partial charge in [-0.3, -0.25) is 4.79 Å². The van der Waals surface area contributed by atoms with Crippen LogP contribution < -0.4 is 4.74 Å². The van der Waals surface area contributed by atoms with Crippen molar-refractivity contribution in [3.8, 4) is 5.06 Å². The lowest BCUT2D eigenvalue weighted by Crippen LogP contribution is -2.05. The summed E-state index contributed by atoms with van der Waals surface area (Å²) in [6, 6.07) is 3.40. The lowest BCUT2D eigenvalue weighted by molar-refractivity contribution is -0.134. The quantitative estimate of drug-likeness (QED) is 0.708. The molecule has 0 aliphatic heterocycles. The summed E-state index contributed by atoms with van der Waals surface area (Å²) in [5.41, 5.74) is 0. The first kappa shape index (κ1) is 9.55. The van der Waals surface area contributed by atoms with E-state index in [2.05, 4.69) is 0 Å². The first-order valence-electron chi connectivity index (χ1n) is 3.68. The highest BCUT2D eigenvalue weighted by Crippen LogP contribution is 2.28. The van der Waals surface area contributed by atoms with Crippen LogP contribution in [0.1, 0.15) is 19.8 Å². The molecule has 0 fully saturated rings. The lowest BCUT2D eigenvalue weighted by Gasteiger charge is -1.97. The Kier molecular flexibility index (Phi) is 3.56. The molecular weight excluding hydrogens is 196 g/mol. The third-order valence-electron chi connectivity index (χ3n) is 1.22. The molecule has 0 aliphatic carbocycles. The van der Waals surface area contributed by atoms with Gasteiger partial charge in [0.25, 0.3) is 0 Å². The minimum atomic E-state index is -0.198. The molecule has 0 unspecified atom stereocenters. The molecule has 4 heteroatoms. The van der Waals surface area contributed by atoms with Crippen molar-refractivity contribution in [2.75, 3.05) is 0 Å². The van der Waals surface area contributed by atoms with Gasteiger partial charge in [-0.1, -0.05) is 29.9 Å². The van der Waals surface area contributed by atoms with Crippen LogP contribution in [-0.4, -0.2) is 5.97 Å². The fourth-order valence-corrected chi connectivity index (χ4v) is 1.61. The smallest absolute Gasteiger partial charge is 0.311 e. The minimum absolute atomic E-state index is 0.198. The Hall–Kier alpha value is -0.540. The molecular formula is C8H9ClO2S. The van der Waals surface area contributed by atoms with E-state index in [1.165, 1.54) is 11.3 Å². The van der Waals surface area contributed by atoms with Crippen molar-refractivity contribution in [2.45, 2.75) is 19.8 Å². The van der Waals surface area contributed by atoms with E-state index in [0.29, 0.717) is 15.8 Å². The molecule has 0 bridgehead atoms. The number of ether oxygens (including phenoxy) is 1. The SMILES string of the molecule is CCCC(=O)Oc1ccc(Cl)s1. The van der Waals surface area contributed by atoms with Crippen molar-refractivity contribution in [1.82, 2.24) is 0 Å². The van der Waals surface area contributed by atoms with Gasteiger partial charge in [-0.2, -0.15) is 0 Å². The zero-order valence-electron chi connectivity index (χ0n) is 6.67. The van der Waals surface area contributed by atoms with E-state index in [9.17, 15) is 4.79 Å². The van der Waals surface area contributed by atoms with E-state index in [1.54, 1.807) is 12.1 Å². The Morgan fingerprint density at radius 1 is 1.67 bits per heavy atom. The predicted octanol–water partition coefficient (Wildman–Crippen LogP) is 3.11.